The van der Waals surface area contributed by atoms with Crippen molar-refractivity contribution in [3.05, 3.63) is 12.8 Å². The van der Waals surface area contributed by atoms with E-state index >= 15 is 0 Å². The van der Waals surface area contributed by atoms with E-state index in [9.17, 15) is 0 Å². The molecule has 0 aliphatic rings. The first-order valence-corrected chi connectivity index (χ1v) is 9.20. The van der Waals surface area contributed by atoms with Crippen LogP contribution in [0, 0.1) is 0 Å². The lowest BCUT2D eigenvalue weighted by Crippen LogP contribution is -2.50. The molecular formula is C18H39N5. The zero-order valence-corrected chi connectivity index (χ0v) is 15.8. The zero-order valence-electron chi connectivity index (χ0n) is 15.8. The predicted octanol–water partition coefficient (Wildman–Crippen LogP) is 3.09. The predicted molar refractivity (Wildman–Crippen MR) is 102 cm³/mol. The van der Waals surface area contributed by atoms with Gasteiger partial charge in [-0.2, -0.15) is 0 Å². The number of aliphatic imine (C=N–C) groups is 1. The van der Waals surface area contributed by atoms with Gasteiger partial charge in [0.2, 0.25) is 0 Å². The molecule has 2 unspecified atom stereocenters. The summed E-state index contributed by atoms with van der Waals surface area (Å²) in [6.45, 7) is 14.0. The van der Waals surface area contributed by atoms with E-state index in [4.69, 9.17) is 10.7 Å². The second-order valence-corrected chi connectivity index (χ2v) is 6.36. The van der Waals surface area contributed by atoms with Crippen LogP contribution in [-0.2, 0) is 0 Å². The van der Waals surface area contributed by atoms with Gasteiger partial charge in [-0.25, -0.2) is 4.99 Å². The molecule has 0 saturated heterocycles. The minimum absolute atomic E-state index is 0.0507. The van der Waals surface area contributed by atoms with Crippen LogP contribution in [0.15, 0.2) is 17.8 Å². The molecule has 5 N–H and O–H groups in total. The fourth-order valence-corrected chi connectivity index (χ4v) is 2.40. The van der Waals surface area contributed by atoms with Gasteiger partial charge in [-0.15, -0.1) is 0 Å². The minimum Gasteiger partial charge on any atom is -0.368 e. The lowest BCUT2D eigenvalue weighted by Gasteiger charge is -2.32. The first-order chi connectivity index (χ1) is 11.0. The largest absolute Gasteiger partial charge is 0.368 e. The van der Waals surface area contributed by atoms with Gasteiger partial charge in [0.15, 0.2) is 6.29 Å². The number of nitrogens with two attached hydrogens (primary N) is 1. The Bertz CT molecular complexity index is 329. The smallest absolute Gasteiger partial charge is 0.175 e. The standard InChI is InChI=1S/C18H39N5/c1-6-10-12-14-21-17(20-9-4)22-16(15-19)23-18(5,8-3)13-11-7-2/h9,17,20-21H,4,6-8,10-15,19H2,1-3,5H3,(H,22,23). The van der Waals surface area contributed by atoms with E-state index in [-0.39, 0.29) is 11.8 Å². The Hall–Kier alpha value is -1.07. The fourth-order valence-electron chi connectivity index (χ4n) is 2.40. The molecule has 0 aliphatic heterocycles. The minimum atomic E-state index is -0.178. The molecule has 0 spiro atoms. The lowest BCUT2D eigenvalue weighted by atomic mass is 9.92. The van der Waals surface area contributed by atoms with Crippen molar-refractivity contribution in [2.45, 2.75) is 84.5 Å². The Balaban J connectivity index is 4.75. The SMILES string of the molecule is C=CNC(/N=C(\CN)NC(C)(CC)CCCC)NCCCCC. The highest BCUT2D eigenvalue weighted by molar-refractivity contribution is 5.84. The van der Waals surface area contributed by atoms with Crippen LogP contribution in [0.1, 0.15) is 72.6 Å². The van der Waals surface area contributed by atoms with Crippen LogP contribution in [-0.4, -0.2) is 30.8 Å². The van der Waals surface area contributed by atoms with E-state index in [1.54, 1.807) is 6.20 Å². The molecule has 0 saturated carbocycles. The fraction of sp³-hybridized carbons (Fsp3) is 0.833. The van der Waals surface area contributed by atoms with Gasteiger partial charge in [-0.1, -0.05) is 53.0 Å². The molecule has 0 fully saturated rings. The quantitative estimate of drug-likeness (QED) is 0.171. The van der Waals surface area contributed by atoms with Gasteiger partial charge in [-0.3, -0.25) is 5.32 Å². The van der Waals surface area contributed by atoms with Crippen molar-refractivity contribution in [2.75, 3.05) is 13.1 Å². The third-order valence-corrected chi connectivity index (χ3v) is 4.18. The Morgan fingerprint density at radius 3 is 2.43 bits per heavy atom. The monoisotopic (exact) mass is 325 g/mol. The van der Waals surface area contributed by atoms with Crippen LogP contribution in [0.2, 0.25) is 0 Å². The second-order valence-electron chi connectivity index (χ2n) is 6.36. The first-order valence-electron chi connectivity index (χ1n) is 9.20. The molecule has 23 heavy (non-hydrogen) atoms. The summed E-state index contributed by atoms with van der Waals surface area (Å²) in [5, 5.41) is 10.1. The van der Waals surface area contributed by atoms with Crippen LogP contribution in [0.4, 0.5) is 0 Å². The topological polar surface area (TPSA) is 74.5 Å². The molecule has 0 aromatic rings. The molecular weight excluding hydrogens is 286 g/mol. The molecule has 0 aliphatic carbocycles. The third-order valence-electron chi connectivity index (χ3n) is 4.18. The van der Waals surface area contributed by atoms with Crippen LogP contribution in [0.5, 0.6) is 0 Å². The number of unbranched alkanes of at least 4 members (excludes halogenated alkanes) is 3. The van der Waals surface area contributed by atoms with Crippen LogP contribution < -0.4 is 21.7 Å². The molecule has 5 heteroatoms. The molecule has 0 heterocycles. The molecule has 0 radical (unpaired) electrons. The molecule has 136 valence electrons. The Kier molecular flexibility index (Phi) is 12.8. The number of nitrogens with zero attached hydrogens (tertiary/aromatic N) is 1. The van der Waals surface area contributed by atoms with Gasteiger partial charge in [0, 0.05) is 5.54 Å². The molecule has 0 rings (SSSR count). The molecule has 0 amide bonds. The van der Waals surface area contributed by atoms with Crippen molar-refractivity contribution in [1.29, 1.82) is 0 Å². The van der Waals surface area contributed by atoms with Crippen molar-refractivity contribution < 1.29 is 0 Å². The average Bonchev–Trinajstić information content (AvgIpc) is 2.56. The van der Waals surface area contributed by atoms with Crippen LogP contribution in [0.25, 0.3) is 0 Å². The maximum absolute atomic E-state index is 5.91. The van der Waals surface area contributed by atoms with Gasteiger partial charge in [0.1, 0.15) is 5.84 Å². The van der Waals surface area contributed by atoms with E-state index in [0.29, 0.717) is 6.54 Å². The summed E-state index contributed by atoms with van der Waals surface area (Å²) in [6, 6.07) is 0. The average molecular weight is 326 g/mol. The normalized spacial score (nSPS) is 15.8. The van der Waals surface area contributed by atoms with Crippen molar-refractivity contribution in [3.63, 3.8) is 0 Å². The molecule has 2 atom stereocenters. The summed E-state index contributed by atoms with van der Waals surface area (Å²) in [7, 11) is 0. The first kappa shape index (κ1) is 21.9. The summed E-state index contributed by atoms with van der Waals surface area (Å²) in [6.07, 6.45) is 9.67. The number of rotatable bonds is 14. The Morgan fingerprint density at radius 1 is 1.22 bits per heavy atom. The number of hydrogen-bond acceptors (Lipinski definition) is 4. The van der Waals surface area contributed by atoms with Crippen LogP contribution in [0.3, 0.4) is 0 Å². The van der Waals surface area contributed by atoms with Gasteiger partial charge >= 0.3 is 0 Å². The maximum Gasteiger partial charge on any atom is 0.175 e. The van der Waals surface area contributed by atoms with Crippen molar-refractivity contribution in [1.82, 2.24) is 16.0 Å². The molecule has 5 nitrogen and oxygen atoms in total. The maximum atomic E-state index is 5.91. The van der Waals surface area contributed by atoms with Crippen molar-refractivity contribution in [2.24, 2.45) is 10.7 Å². The highest BCUT2D eigenvalue weighted by Gasteiger charge is 2.22. The van der Waals surface area contributed by atoms with Crippen molar-refractivity contribution in [3.8, 4) is 0 Å². The van der Waals surface area contributed by atoms with Gasteiger partial charge in [0.05, 0.1) is 6.54 Å². The van der Waals surface area contributed by atoms with E-state index in [2.05, 4.69) is 50.2 Å². The number of amidine groups is 1. The summed E-state index contributed by atoms with van der Waals surface area (Å²) < 4.78 is 0. The van der Waals surface area contributed by atoms with E-state index in [1.165, 1.54) is 25.7 Å². The van der Waals surface area contributed by atoms with Gasteiger partial charge < -0.3 is 16.4 Å². The summed E-state index contributed by atoms with van der Waals surface area (Å²) >= 11 is 0. The van der Waals surface area contributed by atoms with Crippen molar-refractivity contribution >= 4 is 5.84 Å². The second kappa shape index (κ2) is 13.4. The molecule has 0 aromatic carbocycles. The summed E-state index contributed by atoms with van der Waals surface area (Å²) in [5.74, 6) is 0.841. The molecule has 0 bridgehead atoms. The third kappa shape index (κ3) is 10.3. The highest BCUT2D eigenvalue weighted by atomic mass is 15.3. The number of nitrogens with one attached hydrogen (secondary N) is 3. The van der Waals surface area contributed by atoms with E-state index < -0.39 is 0 Å². The Labute approximate surface area is 143 Å². The van der Waals surface area contributed by atoms with E-state index in [1.807, 2.05) is 0 Å². The van der Waals surface area contributed by atoms with Gasteiger partial charge in [-0.05, 0) is 38.9 Å². The van der Waals surface area contributed by atoms with Crippen LogP contribution >= 0.6 is 0 Å². The highest BCUT2D eigenvalue weighted by Crippen LogP contribution is 2.17. The zero-order chi connectivity index (χ0) is 17.6. The summed E-state index contributed by atoms with van der Waals surface area (Å²) in [4.78, 5) is 4.71. The lowest BCUT2D eigenvalue weighted by molar-refractivity contribution is 0.357. The summed E-state index contributed by atoms with van der Waals surface area (Å²) in [5.41, 5.74) is 5.96. The Morgan fingerprint density at radius 2 is 1.91 bits per heavy atom. The number of hydrogen-bond donors (Lipinski definition) is 4. The van der Waals surface area contributed by atoms with E-state index in [0.717, 1.165) is 31.6 Å². The molecule has 0 aromatic heterocycles. The van der Waals surface area contributed by atoms with Gasteiger partial charge in [0.25, 0.3) is 0 Å².